The Morgan fingerprint density at radius 2 is 1.76 bits per heavy atom. The summed E-state index contributed by atoms with van der Waals surface area (Å²) in [6.07, 6.45) is -0.161. The van der Waals surface area contributed by atoms with Crippen molar-refractivity contribution in [3.05, 3.63) is 101 Å². The average molecular weight is 631 g/mol. The summed E-state index contributed by atoms with van der Waals surface area (Å²) in [6.45, 7) is 5.24. The van der Waals surface area contributed by atoms with Gasteiger partial charge in [-0.3, -0.25) is 9.59 Å². The van der Waals surface area contributed by atoms with Crippen LogP contribution in [-0.4, -0.2) is 49.7 Å². The second-order valence-corrected chi connectivity index (χ2v) is 12.1. The smallest absolute Gasteiger partial charge is 0.303 e. The number of amides is 1. The normalized spacial score (nSPS) is 20.4. The molecule has 5 atom stereocenters. The Bertz CT molecular complexity index is 1610. The molecule has 2 N–H and O–H groups in total. The number of aliphatic hydroxyl groups excluding tert-OH is 1. The first kappa shape index (κ1) is 32.4. The molecule has 0 saturated carbocycles. The lowest BCUT2D eigenvalue weighted by atomic mass is 9.91. The molecule has 11 heteroatoms. The summed E-state index contributed by atoms with van der Waals surface area (Å²) in [5.74, 6) is -0.143. The fourth-order valence-electron chi connectivity index (χ4n) is 5.23. The highest BCUT2D eigenvalue weighted by Crippen LogP contribution is 2.43. The standard InChI is InChI=1S/C34H38N4O6S/c1-21-30(19-45-34-37-36-20-38(34)4)43-33(44-31(21)26-13-11-24(18-39)12-14-26)29-10-6-9-28(16-29)27-8-5-7-25(15-27)17-35-32(41)22(2)42-23(3)40/h5-16,20-22,30-31,33,39H,17-19H2,1-4H3,(H,35,41)/t21-,22+,30+,31+,33+/m1/s1. The lowest BCUT2D eigenvalue weighted by molar-refractivity contribution is -0.268. The number of nitrogens with zero attached hydrogens (tertiary/aromatic N) is 3. The van der Waals surface area contributed by atoms with Gasteiger partial charge in [-0.1, -0.05) is 79.3 Å². The molecule has 2 heterocycles. The van der Waals surface area contributed by atoms with E-state index in [-0.39, 0.29) is 30.6 Å². The maximum absolute atomic E-state index is 12.3. The summed E-state index contributed by atoms with van der Waals surface area (Å²) in [4.78, 5) is 23.5. The first-order valence-corrected chi connectivity index (χ1v) is 15.8. The minimum atomic E-state index is -0.861. The van der Waals surface area contributed by atoms with Gasteiger partial charge in [-0.25, -0.2) is 0 Å². The molecule has 1 aliphatic rings. The van der Waals surface area contributed by atoms with Crippen LogP contribution in [0.5, 0.6) is 0 Å². The van der Waals surface area contributed by atoms with Gasteiger partial charge in [0, 0.05) is 37.8 Å². The fraction of sp³-hybridized carbons (Fsp3) is 0.353. The Hall–Kier alpha value is -4.03. The van der Waals surface area contributed by atoms with Crippen LogP contribution in [0.25, 0.3) is 11.1 Å². The highest BCUT2D eigenvalue weighted by Gasteiger charge is 2.38. The molecule has 10 nitrogen and oxygen atoms in total. The molecule has 1 fully saturated rings. The second-order valence-electron chi connectivity index (χ2n) is 11.2. The molecule has 4 aromatic rings. The van der Waals surface area contributed by atoms with Crippen LogP contribution in [0.4, 0.5) is 0 Å². The van der Waals surface area contributed by atoms with Crippen LogP contribution in [0, 0.1) is 5.92 Å². The van der Waals surface area contributed by atoms with E-state index in [1.54, 1.807) is 25.0 Å². The third kappa shape index (κ3) is 8.17. The van der Waals surface area contributed by atoms with Crippen LogP contribution in [0.1, 0.15) is 55.4 Å². The highest BCUT2D eigenvalue weighted by atomic mass is 32.2. The Kier molecular flexibility index (Phi) is 10.7. The second kappa shape index (κ2) is 14.8. The van der Waals surface area contributed by atoms with Gasteiger partial charge in [-0.05, 0) is 46.9 Å². The van der Waals surface area contributed by atoms with E-state index < -0.39 is 18.4 Å². The predicted molar refractivity (Wildman–Crippen MR) is 170 cm³/mol. The number of esters is 1. The summed E-state index contributed by atoms with van der Waals surface area (Å²) in [5.41, 5.74) is 5.62. The highest BCUT2D eigenvalue weighted by molar-refractivity contribution is 7.99. The van der Waals surface area contributed by atoms with Crippen LogP contribution in [0.2, 0.25) is 0 Å². The molecule has 3 aromatic carbocycles. The molecule has 5 rings (SSSR count). The van der Waals surface area contributed by atoms with E-state index in [1.807, 2.05) is 78.3 Å². The van der Waals surface area contributed by atoms with Gasteiger partial charge in [0.2, 0.25) is 0 Å². The number of ether oxygens (including phenoxy) is 3. The number of nitrogens with one attached hydrogen (secondary N) is 1. The number of aromatic nitrogens is 3. The predicted octanol–water partition coefficient (Wildman–Crippen LogP) is 5.13. The number of rotatable bonds is 11. The van der Waals surface area contributed by atoms with Gasteiger partial charge in [0.25, 0.3) is 5.91 Å². The monoisotopic (exact) mass is 630 g/mol. The molecule has 1 amide bonds. The Labute approximate surface area is 267 Å². The van der Waals surface area contributed by atoms with E-state index in [2.05, 4.69) is 28.5 Å². The van der Waals surface area contributed by atoms with Gasteiger partial charge in [0.15, 0.2) is 17.6 Å². The molecule has 45 heavy (non-hydrogen) atoms. The van der Waals surface area contributed by atoms with E-state index in [4.69, 9.17) is 14.2 Å². The summed E-state index contributed by atoms with van der Waals surface area (Å²) in [6, 6.07) is 23.9. The van der Waals surface area contributed by atoms with Crippen molar-refractivity contribution in [2.24, 2.45) is 13.0 Å². The van der Waals surface area contributed by atoms with Crippen molar-refractivity contribution in [3.8, 4) is 11.1 Å². The molecule has 0 radical (unpaired) electrons. The third-order valence-corrected chi connectivity index (χ3v) is 8.89. The maximum Gasteiger partial charge on any atom is 0.303 e. The van der Waals surface area contributed by atoms with Crippen molar-refractivity contribution in [3.63, 3.8) is 0 Å². The average Bonchev–Trinajstić information content (AvgIpc) is 3.47. The van der Waals surface area contributed by atoms with E-state index in [0.717, 1.165) is 38.5 Å². The molecule has 1 saturated heterocycles. The van der Waals surface area contributed by atoms with Crippen LogP contribution < -0.4 is 5.32 Å². The summed E-state index contributed by atoms with van der Waals surface area (Å²) >= 11 is 1.60. The van der Waals surface area contributed by atoms with Crippen LogP contribution in [0.15, 0.2) is 84.3 Å². The first-order chi connectivity index (χ1) is 21.7. The molecular formula is C34H38N4O6S. The van der Waals surface area contributed by atoms with Crippen LogP contribution >= 0.6 is 11.8 Å². The van der Waals surface area contributed by atoms with Crippen molar-refractivity contribution in [2.75, 3.05) is 5.75 Å². The number of thioether (sulfide) groups is 1. The number of carbonyl (C=O) groups is 2. The first-order valence-electron chi connectivity index (χ1n) is 14.8. The van der Waals surface area contributed by atoms with Crippen molar-refractivity contribution in [2.45, 2.75) is 63.7 Å². The lowest BCUT2D eigenvalue weighted by Crippen LogP contribution is -2.38. The number of hydrogen-bond acceptors (Lipinski definition) is 9. The van der Waals surface area contributed by atoms with Gasteiger partial charge >= 0.3 is 5.97 Å². The Morgan fingerprint density at radius 1 is 1.02 bits per heavy atom. The molecular weight excluding hydrogens is 592 g/mol. The number of benzene rings is 3. The molecule has 0 unspecified atom stereocenters. The molecule has 0 aliphatic carbocycles. The number of carbonyl (C=O) groups excluding carboxylic acids is 2. The molecule has 0 bridgehead atoms. The zero-order valence-corrected chi connectivity index (χ0v) is 26.6. The Morgan fingerprint density at radius 3 is 2.44 bits per heavy atom. The molecule has 0 spiro atoms. The van der Waals surface area contributed by atoms with Gasteiger partial charge in [-0.2, -0.15) is 0 Å². The van der Waals surface area contributed by atoms with Crippen LogP contribution in [-0.2, 0) is 44.0 Å². The minimum absolute atomic E-state index is 0.0160. The van der Waals surface area contributed by atoms with Crippen molar-refractivity contribution in [1.82, 2.24) is 20.1 Å². The largest absolute Gasteiger partial charge is 0.453 e. The number of hydrogen-bond donors (Lipinski definition) is 2. The number of aryl methyl sites for hydroxylation is 1. The third-order valence-electron chi connectivity index (χ3n) is 7.77. The van der Waals surface area contributed by atoms with Gasteiger partial charge in [-0.15, -0.1) is 10.2 Å². The van der Waals surface area contributed by atoms with Crippen molar-refractivity contribution >= 4 is 23.6 Å². The topological polar surface area (TPSA) is 125 Å². The van der Waals surface area contributed by atoms with Crippen LogP contribution in [0.3, 0.4) is 0 Å². The molecule has 1 aliphatic heterocycles. The van der Waals surface area contributed by atoms with Gasteiger partial charge in [0.05, 0.1) is 18.8 Å². The van der Waals surface area contributed by atoms with Crippen molar-refractivity contribution in [1.29, 1.82) is 0 Å². The SMILES string of the molecule is CC(=O)O[C@@H](C)C(=O)NCc1cccc(-c2cccc([C@H]3O[C@@H](CSc4nncn4C)[C@@H](C)[C@@H](c4ccc(CO)cc4)O3)c2)c1. The van der Waals surface area contributed by atoms with E-state index >= 15 is 0 Å². The summed E-state index contributed by atoms with van der Waals surface area (Å²) < 4.78 is 20.1. The van der Waals surface area contributed by atoms with E-state index in [9.17, 15) is 14.7 Å². The van der Waals surface area contributed by atoms with Crippen molar-refractivity contribution < 1.29 is 28.9 Å². The Balaban J connectivity index is 1.36. The minimum Gasteiger partial charge on any atom is -0.453 e. The van der Waals surface area contributed by atoms with E-state index in [0.29, 0.717) is 12.3 Å². The quantitative estimate of drug-likeness (QED) is 0.172. The number of aliphatic hydroxyl groups is 1. The van der Waals surface area contributed by atoms with E-state index in [1.165, 1.54) is 6.92 Å². The zero-order valence-electron chi connectivity index (χ0n) is 25.8. The zero-order chi connectivity index (χ0) is 31.9. The summed E-state index contributed by atoms with van der Waals surface area (Å²) in [7, 11) is 1.92. The maximum atomic E-state index is 12.3. The van der Waals surface area contributed by atoms with Gasteiger partial charge < -0.3 is 29.2 Å². The lowest BCUT2D eigenvalue weighted by Gasteiger charge is -2.41. The summed E-state index contributed by atoms with van der Waals surface area (Å²) in [5, 5.41) is 21.4. The molecule has 236 valence electrons. The molecule has 1 aromatic heterocycles. The van der Waals surface area contributed by atoms with Gasteiger partial charge in [0.1, 0.15) is 6.33 Å². The fourth-order valence-corrected chi connectivity index (χ4v) is 6.28.